The number of fused-ring (bicyclic) bond motifs is 1. The minimum absolute atomic E-state index is 0.0421. The summed E-state index contributed by atoms with van der Waals surface area (Å²) in [7, 11) is -2.13. The molecule has 39 heavy (non-hydrogen) atoms. The van der Waals surface area contributed by atoms with Gasteiger partial charge in [-0.25, -0.2) is 13.4 Å². The van der Waals surface area contributed by atoms with Gasteiger partial charge >= 0.3 is 0 Å². The standard InChI is InChI=1S/C29H38N4O5S/c1-19-7-8-25-26(14-19)31-29(30-25)22-9-12-32(13-10-22)27(34)18-38-17-23-6-5-11-33(23)39(35,36)28-20(2)15-24(37-4)16-21(28)3/h7-8,14-16,22-23H,5-6,9-13,17-18H2,1-4H3,(H,30,31). The first kappa shape index (κ1) is 27.6. The molecule has 0 spiro atoms. The molecule has 1 atom stereocenters. The highest BCUT2D eigenvalue weighted by Gasteiger charge is 2.37. The molecule has 2 aromatic carbocycles. The summed E-state index contributed by atoms with van der Waals surface area (Å²) in [5.41, 5.74) is 4.55. The Labute approximate surface area is 230 Å². The molecule has 3 aromatic rings. The highest BCUT2D eigenvalue weighted by atomic mass is 32.2. The van der Waals surface area contributed by atoms with Crippen LogP contribution >= 0.6 is 0 Å². The third-order valence-electron chi connectivity index (χ3n) is 7.99. The van der Waals surface area contributed by atoms with Gasteiger partial charge in [-0.1, -0.05) is 6.07 Å². The van der Waals surface area contributed by atoms with E-state index in [0.29, 0.717) is 53.7 Å². The first-order chi connectivity index (χ1) is 18.7. The molecule has 2 fully saturated rings. The number of nitrogens with zero attached hydrogens (tertiary/aromatic N) is 3. The van der Waals surface area contributed by atoms with E-state index < -0.39 is 10.0 Å². The lowest BCUT2D eigenvalue weighted by atomic mass is 9.96. The van der Waals surface area contributed by atoms with Crippen molar-refractivity contribution < 1.29 is 22.7 Å². The molecule has 0 saturated carbocycles. The van der Waals surface area contributed by atoms with Gasteiger partial charge in [0.15, 0.2) is 0 Å². The normalized spacial score (nSPS) is 19.2. The van der Waals surface area contributed by atoms with Gasteiger partial charge in [0.05, 0.1) is 29.6 Å². The van der Waals surface area contributed by atoms with Gasteiger partial charge in [-0.3, -0.25) is 4.79 Å². The lowest BCUT2D eigenvalue weighted by Gasteiger charge is -2.31. The van der Waals surface area contributed by atoms with E-state index in [2.05, 4.69) is 24.0 Å². The minimum Gasteiger partial charge on any atom is -0.497 e. The van der Waals surface area contributed by atoms with Crippen LogP contribution in [0, 0.1) is 20.8 Å². The van der Waals surface area contributed by atoms with Crippen molar-refractivity contribution in [3.05, 3.63) is 52.8 Å². The number of nitrogens with one attached hydrogen (secondary N) is 1. The van der Waals surface area contributed by atoms with Crippen molar-refractivity contribution in [1.29, 1.82) is 0 Å². The first-order valence-electron chi connectivity index (χ1n) is 13.7. The zero-order valence-electron chi connectivity index (χ0n) is 23.2. The molecule has 5 rings (SSSR count). The van der Waals surface area contributed by atoms with E-state index in [4.69, 9.17) is 14.5 Å². The van der Waals surface area contributed by atoms with Gasteiger partial charge in [-0.05, 0) is 87.4 Å². The number of hydrogen-bond donors (Lipinski definition) is 1. The van der Waals surface area contributed by atoms with E-state index in [1.54, 1.807) is 37.4 Å². The van der Waals surface area contributed by atoms with Crippen LogP contribution in [-0.4, -0.2) is 79.5 Å². The fraction of sp³-hybridized carbons (Fsp3) is 0.517. The molecule has 1 amide bonds. The van der Waals surface area contributed by atoms with E-state index in [-0.39, 0.29) is 25.2 Å². The molecule has 1 N–H and O–H groups in total. The zero-order valence-corrected chi connectivity index (χ0v) is 24.0. The summed E-state index contributed by atoms with van der Waals surface area (Å²) in [5, 5.41) is 0. The molecule has 0 aliphatic carbocycles. The number of likely N-dealkylation sites (tertiary alicyclic amines) is 1. The van der Waals surface area contributed by atoms with Gasteiger partial charge in [0.1, 0.15) is 18.2 Å². The van der Waals surface area contributed by atoms with Gasteiger partial charge in [0, 0.05) is 31.6 Å². The molecular formula is C29H38N4O5S. The SMILES string of the molecule is COc1cc(C)c(S(=O)(=O)N2CCCC2COCC(=O)N2CCC(c3nc4ccc(C)cc4[nH]3)CC2)c(C)c1. The highest BCUT2D eigenvalue weighted by molar-refractivity contribution is 7.89. The molecule has 0 radical (unpaired) electrons. The number of carbonyl (C=O) groups excluding carboxylic acids is 1. The van der Waals surface area contributed by atoms with Crippen molar-refractivity contribution in [2.75, 3.05) is 40.0 Å². The maximum atomic E-state index is 13.6. The number of aromatic nitrogens is 2. The Morgan fingerprint density at radius 1 is 1.05 bits per heavy atom. The van der Waals surface area contributed by atoms with E-state index >= 15 is 0 Å². The van der Waals surface area contributed by atoms with E-state index in [9.17, 15) is 13.2 Å². The number of imidazole rings is 1. The summed E-state index contributed by atoms with van der Waals surface area (Å²) in [6.45, 7) is 7.57. The monoisotopic (exact) mass is 554 g/mol. The third kappa shape index (κ3) is 5.69. The third-order valence-corrected chi connectivity index (χ3v) is 10.2. The topological polar surface area (TPSA) is 105 Å². The highest BCUT2D eigenvalue weighted by Crippen LogP contribution is 2.33. The van der Waals surface area contributed by atoms with Crippen LogP contribution in [-0.2, 0) is 19.6 Å². The van der Waals surface area contributed by atoms with Crippen molar-refractivity contribution in [2.45, 2.75) is 63.3 Å². The second-order valence-electron chi connectivity index (χ2n) is 10.8. The molecule has 10 heteroatoms. The fourth-order valence-electron chi connectivity index (χ4n) is 5.96. The second-order valence-corrected chi connectivity index (χ2v) is 12.6. The summed E-state index contributed by atoms with van der Waals surface area (Å²) in [6.07, 6.45) is 3.17. The molecule has 0 bridgehead atoms. The summed E-state index contributed by atoms with van der Waals surface area (Å²) in [4.78, 5) is 23.3. The Bertz CT molecular complexity index is 1440. The van der Waals surface area contributed by atoms with Crippen LogP contribution in [0.2, 0.25) is 0 Å². The lowest BCUT2D eigenvalue weighted by molar-refractivity contribution is -0.137. The molecule has 3 heterocycles. The predicted octanol–water partition coefficient (Wildman–Crippen LogP) is 4.07. The lowest BCUT2D eigenvalue weighted by Crippen LogP contribution is -2.42. The number of aromatic amines is 1. The molecule has 210 valence electrons. The fourth-order valence-corrected chi connectivity index (χ4v) is 8.05. The number of rotatable bonds is 8. The van der Waals surface area contributed by atoms with Crippen LogP contribution in [0.3, 0.4) is 0 Å². The van der Waals surface area contributed by atoms with Gasteiger partial charge in [-0.2, -0.15) is 4.31 Å². The second kappa shape index (κ2) is 11.3. The Morgan fingerprint density at radius 3 is 2.46 bits per heavy atom. The number of hydrogen-bond acceptors (Lipinski definition) is 6. The molecular weight excluding hydrogens is 516 g/mol. The van der Waals surface area contributed by atoms with Crippen molar-refractivity contribution in [3.63, 3.8) is 0 Å². The van der Waals surface area contributed by atoms with Crippen molar-refractivity contribution >= 4 is 27.0 Å². The van der Waals surface area contributed by atoms with Crippen LogP contribution in [0.5, 0.6) is 5.75 Å². The largest absolute Gasteiger partial charge is 0.497 e. The van der Waals surface area contributed by atoms with Crippen LogP contribution < -0.4 is 4.74 Å². The quantitative estimate of drug-likeness (QED) is 0.450. The molecule has 1 aromatic heterocycles. The Morgan fingerprint density at radius 2 is 1.77 bits per heavy atom. The Hall–Kier alpha value is -2.95. The maximum Gasteiger partial charge on any atom is 0.248 e. The van der Waals surface area contributed by atoms with Crippen molar-refractivity contribution in [1.82, 2.24) is 19.2 Å². The molecule has 2 saturated heterocycles. The molecule has 2 aliphatic rings. The van der Waals surface area contributed by atoms with Gasteiger partial charge in [0.2, 0.25) is 15.9 Å². The van der Waals surface area contributed by atoms with E-state index in [0.717, 1.165) is 36.1 Å². The number of carbonyl (C=O) groups is 1. The summed E-state index contributed by atoms with van der Waals surface area (Å²) < 4.78 is 39.8. The van der Waals surface area contributed by atoms with Crippen LogP contribution in [0.15, 0.2) is 35.2 Å². The van der Waals surface area contributed by atoms with E-state index in [1.807, 2.05) is 11.0 Å². The summed E-state index contributed by atoms with van der Waals surface area (Å²) in [5.74, 6) is 1.87. The minimum atomic E-state index is -3.70. The number of aryl methyl sites for hydroxylation is 3. The number of H-pyrrole nitrogens is 1. The molecule has 1 unspecified atom stereocenters. The molecule has 2 aliphatic heterocycles. The van der Waals surface area contributed by atoms with Gasteiger partial charge in [0.25, 0.3) is 0 Å². The van der Waals surface area contributed by atoms with Crippen LogP contribution in [0.4, 0.5) is 0 Å². The smallest absolute Gasteiger partial charge is 0.248 e. The number of methoxy groups -OCH3 is 1. The maximum absolute atomic E-state index is 13.6. The predicted molar refractivity (Wildman–Crippen MR) is 150 cm³/mol. The average Bonchev–Trinajstić information content (AvgIpc) is 3.55. The first-order valence-corrected chi connectivity index (χ1v) is 15.1. The van der Waals surface area contributed by atoms with Crippen LogP contribution in [0.25, 0.3) is 11.0 Å². The zero-order chi connectivity index (χ0) is 27.7. The van der Waals surface area contributed by atoms with Crippen LogP contribution in [0.1, 0.15) is 54.1 Å². The van der Waals surface area contributed by atoms with Crippen molar-refractivity contribution in [2.24, 2.45) is 0 Å². The Kier molecular flexibility index (Phi) is 7.98. The summed E-state index contributed by atoms with van der Waals surface area (Å²) in [6, 6.07) is 9.42. The van der Waals surface area contributed by atoms with Gasteiger partial charge in [-0.15, -0.1) is 0 Å². The Balaban J connectivity index is 1.14. The number of piperidine rings is 1. The number of amides is 1. The number of ether oxygens (including phenoxy) is 2. The number of benzene rings is 2. The summed E-state index contributed by atoms with van der Waals surface area (Å²) >= 11 is 0. The number of sulfonamides is 1. The van der Waals surface area contributed by atoms with Crippen molar-refractivity contribution in [3.8, 4) is 5.75 Å². The average molecular weight is 555 g/mol. The molecule has 9 nitrogen and oxygen atoms in total. The van der Waals surface area contributed by atoms with Gasteiger partial charge < -0.3 is 19.4 Å². The van der Waals surface area contributed by atoms with E-state index in [1.165, 1.54) is 5.56 Å².